The lowest BCUT2D eigenvalue weighted by Gasteiger charge is -2.13. The molecule has 0 aromatic heterocycles. The molecule has 0 N–H and O–H groups in total. The van der Waals surface area contributed by atoms with Crippen LogP contribution in [0.5, 0.6) is 0 Å². The van der Waals surface area contributed by atoms with Crippen molar-refractivity contribution in [3.05, 3.63) is 41.5 Å². The van der Waals surface area contributed by atoms with E-state index in [9.17, 15) is 9.59 Å². The maximum Gasteiger partial charge on any atom is 0.815 e. The third-order valence-electron chi connectivity index (χ3n) is 1.86. The molecule has 0 spiro atoms. The normalized spacial score (nSPS) is 9.56. The van der Waals surface area contributed by atoms with Crippen molar-refractivity contribution in [3.63, 3.8) is 0 Å². The van der Waals surface area contributed by atoms with Gasteiger partial charge in [-0.25, -0.2) is 0 Å². The molecule has 8 heteroatoms. The van der Waals surface area contributed by atoms with Crippen LogP contribution in [0.15, 0.2) is 35.9 Å². The number of carbonyl (C=O) groups is 2. The minimum absolute atomic E-state index is 0.0998. The van der Waals surface area contributed by atoms with Gasteiger partial charge in [-0.2, -0.15) is 20.1 Å². The Hall–Kier alpha value is -0.208. The fourth-order valence-corrected chi connectivity index (χ4v) is 2.56. The standard InChI is InChI=1S/C10H6Cl2O3.Al.2ClH/c11-9(14)7(10(12)15)8(13)6-4-2-1-3-5-6;;;/h1-5,13H;;2*1H/q;+3;;/p-3. The van der Waals surface area contributed by atoms with Crippen LogP contribution in [0.4, 0.5) is 0 Å². The van der Waals surface area contributed by atoms with Crippen molar-refractivity contribution < 1.29 is 13.4 Å². The molecule has 0 fully saturated rings. The minimum Gasteiger partial charge on any atom is -0.619 e. The second-order valence-electron chi connectivity index (χ2n) is 3.00. The van der Waals surface area contributed by atoms with Gasteiger partial charge >= 0.3 is 12.6 Å². The van der Waals surface area contributed by atoms with Crippen LogP contribution >= 0.6 is 43.3 Å². The molecule has 0 saturated heterocycles. The third kappa shape index (κ3) is 4.47. The number of allylic oxidation sites excluding steroid dienone is 1. The van der Waals surface area contributed by atoms with Crippen molar-refractivity contribution >= 4 is 72.2 Å². The summed E-state index contributed by atoms with van der Waals surface area (Å²) in [6, 6.07) is 8.35. The first-order valence-electron chi connectivity index (χ1n) is 4.57. The molecule has 0 atom stereocenters. The topological polar surface area (TPSA) is 43.4 Å². The molecular formula is C10H5AlCl4O3. The molecule has 0 saturated carbocycles. The molecule has 0 unspecified atom stereocenters. The van der Waals surface area contributed by atoms with Gasteiger partial charge < -0.3 is 3.79 Å². The van der Waals surface area contributed by atoms with E-state index in [1.165, 1.54) is 0 Å². The molecule has 94 valence electrons. The number of benzene rings is 1. The fourth-order valence-electron chi connectivity index (χ4n) is 1.21. The van der Waals surface area contributed by atoms with Crippen molar-refractivity contribution in [1.82, 2.24) is 0 Å². The summed E-state index contributed by atoms with van der Waals surface area (Å²) < 4.78 is 5.16. The molecule has 3 nitrogen and oxygen atoms in total. The SMILES string of the molecule is O=C(Cl)C(C(=O)Cl)=C([O][Al]([Cl])[Cl])c1ccccc1. The van der Waals surface area contributed by atoms with E-state index in [0.717, 1.165) is 0 Å². The fraction of sp³-hybridized carbons (Fsp3) is 0. The van der Waals surface area contributed by atoms with Gasteiger partial charge in [0.15, 0.2) is 0 Å². The lowest BCUT2D eigenvalue weighted by molar-refractivity contribution is -0.113. The summed E-state index contributed by atoms with van der Waals surface area (Å²) in [6.45, 7) is 0. The average molecular weight is 342 g/mol. The van der Waals surface area contributed by atoms with Crippen molar-refractivity contribution in [2.75, 3.05) is 0 Å². The second kappa shape index (κ2) is 7.40. The maximum absolute atomic E-state index is 11.2. The van der Waals surface area contributed by atoms with Gasteiger partial charge in [-0.05, 0) is 23.2 Å². The van der Waals surface area contributed by atoms with E-state index >= 15 is 0 Å². The quantitative estimate of drug-likeness (QED) is 0.206. The van der Waals surface area contributed by atoms with E-state index in [0.29, 0.717) is 5.56 Å². The molecule has 1 aromatic carbocycles. The van der Waals surface area contributed by atoms with Crippen LogP contribution in [0, 0.1) is 0 Å². The van der Waals surface area contributed by atoms with E-state index in [1.54, 1.807) is 30.3 Å². The van der Waals surface area contributed by atoms with Gasteiger partial charge in [0.25, 0.3) is 10.5 Å². The summed E-state index contributed by atoms with van der Waals surface area (Å²) in [7, 11) is 11.2. The molecule has 0 bridgehead atoms. The molecule has 0 aliphatic carbocycles. The Bertz CT molecular complexity index is 471. The van der Waals surface area contributed by atoms with Crippen molar-refractivity contribution in [2.45, 2.75) is 0 Å². The van der Waals surface area contributed by atoms with Crippen LogP contribution in [-0.4, -0.2) is 23.1 Å². The number of hydrogen-bond donors (Lipinski definition) is 0. The predicted molar refractivity (Wildman–Crippen MR) is 73.6 cm³/mol. The summed E-state index contributed by atoms with van der Waals surface area (Å²) in [5.41, 5.74) is -0.0439. The van der Waals surface area contributed by atoms with Crippen LogP contribution < -0.4 is 0 Å². The highest BCUT2D eigenvalue weighted by atomic mass is 35.7. The number of rotatable bonds is 5. The Labute approximate surface area is 126 Å². The molecule has 1 aromatic rings. The zero-order chi connectivity index (χ0) is 13.7. The molecule has 0 heterocycles. The summed E-state index contributed by atoms with van der Waals surface area (Å²) >= 11 is 8.06. The maximum atomic E-state index is 11.2. The first-order valence-corrected chi connectivity index (χ1v) is 9.29. The predicted octanol–water partition coefficient (Wildman–Crippen LogP) is 3.41. The first kappa shape index (κ1) is 15.8. The van der Waals surface area contributed by atoms with Gasteiger partial charge in [-0.3, -0.25) is 9.59 Å². The van der Waals surface area contributed by atoms with Crippen molar-refractivity contribution in [1.29, 1.82) is 0 Å². The number of halogens is 4. The average Bonchev–Trinajstić information content (AvgIpc) is 2.27. The largest absolute Gasteiger partial charge is 0.815 e. The number of hydrogen-bond acceptors (Lipinski definition) is 3. The molecule has 18 heavy (non-hydrogen) atoms. The van der Waals surface area contributed by atoms with E-state index in [1.807, 2.05) is 0 Å². The zero-order valence-electron chi connectivity index (χ0n) is 8.70. The van der Waals surface area contributed by atoms with E-state index in [4.69, 9.17) is 47.1 Å². The lowest BCUT2D eigenvalue weighted by Crippen LogP contribution is -2.11. The zero-order valence-corrected chi connectivity index (χ0v) is 12.9. The van der Waals surface area contributed by atoms with Crippen LogP contribution in [0.2, 0.25) is 0 Å². The Morgan fingerprint density at radius 2 is 1.50 bits per heavy atom. The summed E-state index contributed by atoms with van der Waals surface area (Å²) in [4.78, 5) is 22.5. The van der Waals surface area contributed by atoms with Crippen molar-refractivity contribution in [3.8, 4) is 0 Å². The van der Waals surface area contributed by atoms with Gasteiger partial charge in [0.05, 0.1) is 0 Å². The van der Waals surface area contributed by atoms with Gasteiger partial charge in [0.2, 0.25) is 0 Å². The highest BCUT2D eigenvalue weighted by molar-refractivity contribution is 7.31. The molecule has 0 radical (unpaired) electrons. The smallest absolute Gasteiger partial charge is 0.619 e. The molecular weight excluding hydrogens is 337 g/mol. The van der Waals surface area contributed by atoms with E-state index < -0.39 is 28.7 Å². The molecule has 0 aliphatic rings. The van der Waals surface area contributed by atoms with Crippen LogP contribution in [0.1, 0.15) is 5.56 Å². The van der Waals surface area contributed by atoms with Crippen LogP contribution in [-0.2, 0) is 13.4 Å². The van der Waals surface area contributed by atoms with Gasteiger partial charge in [0.1, 0.15) is 11.3 Å². The number of carbonyl (C=O) groups excluding carboxylic acids is 2. The Balaban J connectivity index is 3.40. The van der Waals surface area contributed by atoms with E-state index in [2.05, 4.69) is 0 Å². The summed E-state index contributed by atoms with van der Waals surface area (Å²) in [6.07, 6.45) is 0. The van der Waals surface area contributed by atoms with Crippen LogP contribution in [0.3, 0.4) is 0 Å². The Kier molecular flexibility index (Phi) is 6.51. The Morgan fingerprint density at radius 1 is 1.00 bits per heavy atom. The minimum atomic E-state index is -2.57. The molecule has 1 rings (SSSR count). The Morgan fingerprint density at radius 3 is 1.89 bits per heavy atom. The van der Waals surface area contributed by atoms with Gasteiger partial charge in [-0.1, -0.05) is 30.3 Å². The summed E-state index contributed by atoms with van der Waals surface area (Å²) in [5, 5.41) is -2.06. The van der Waals surface area contributed by atoms with Crippen LogP contribution in [0.25, 0.3) is 5.76 Å². The molecule has 0 amide bonds. The third-order valence-corrected chi connectivity index (χ3v) is 3.19. The van der Waals surface area contributed by atoms with Gasteiger partial charge in [-0.15, -0.1) is 0 Å². The van der Waals surface area contributed by atoms with Gasteiger partial charge in [0, 0.05) is 5.56 Å². The highest BCUT2D eigenvalue weighted by Crippen LogP contribution is 2.25. The summed E-state index contributed by atoms with van der Waals surface area (Å²) in [5.74, 6) is -0.0998. The van der Waals surface area contributed by atoms with Crippen molar-refractivity contribution in [2.24, 2.45) is 0 Å². The van der Waals surface area contributed by atoms with E-state index in [-0.39, 0.29) is 5.76 Å². The first-order chi connectivity index (χ1) is 8.43. The second-order valence-corrected chi connectivity index (χ2v) is 7.49. The monoisotopic (exact) mass is 340 g/mol. The highest BCUT2D eigenvalue weighted by Gasteiger charge is 2.27. The lowest BCUT2D eigenvalue weighted by atomic mass is 10.1. The molecule has 0 aliphatic heterocycles.